The summed E-state index contributed by atoms with van der Waals surface area (Å²) in [5.74, 6) is 2.67. The first kappa shape index (κ1) is 24.5. The number of rotatable bonds is 6. The highest BCUT2D eigenvalue weighted by molar-refractivity contribution is 5.80. The quantitative estimate of drug-likeness (QED) is 0.399. The molecule has 38 heavy (non-hydrogen) atoms. The predicted octanol–water partition coefficient (Wildman–Crippen LogP) is 4.53. The van der Waals surface area contributed by atoms with Gasteiger partial charge >= 0.3 is 6.09 Å². The molecule has 1 saturated heterocycles. The van der Waals surface area contributed by atoms with Gasteiger partial charge in [0.05, 0.1) is 11.0 Å². The highest BCUT2D eigenvalue weighted by Gasteiger charge is 2.29. The van der Waals surface area contributed by atoms with Crippen LogP contribution in [0.25, 0.3) is 22.5 Å². The van der Waals surface area contributed by atoms with Crippen molar-refractivity contribution in [3.05, 3.63) is 59.4 Å². The average molecular weight is 516 g/mol. The molecule has 0 atom stereocenters. The van der Waals surface area contributed by atoms with E-state index in [9.17, 15) is 4.79 Å². The van der Waals surface area contributed by atoms with Gasteiger partial charge in [-0.15, -0.1) is 0 Å². The van der Waals surface area contributed by atoms with Crippen molar-refractivity contribution < 1.29 is 14.1 Å². The number of benzene rings is 1. The third-order valence-corrected chi connectivity index (χ3v) is 6.82. The first-order valence-electron chi connectivity index (χ1n) is 13.3. The van der Waals surface area contributed by atoms with Gasteiger partial charge in [-0.1, -0.05) is 5.16 Å². The Bertz CT molecular complexity index is 1440. The number of carbonyl (C=O) groups is 1. The van der Waals surface area contributed by atoms with E-state index in [0.29, 0.717) is 31.3 Å². The van der Waals surface area contributed by atoms with Gasteiger partial charge in [-0.2, -0.15) is 4.98 Å². The minimum absolute atomic E-state index is 0.235. The van der Waals surface area contributed by atoms with E-state index in [0.717, 1.165) is 66.4 Å². The van der Waals surface area contributed by atoms with E-state index in [2.05, 4.69) is 37.1 Å². The summed E-state index contributed by atoms with van der Waals surface area (Å²) in [5.41, 5.74) is 4.39. The van der Waals surface area contributed by atoms with Crippen LogP contribution in [0, 0.1) is 0 Å². The molecular formula is C28H33N7O3. The first-order chi connectivity index (χ1) is 18.3. The Morgan fingerprint density at radius 1 is 1.11 bits per heavy atom. The first-order valence-corrected chi connectivity index (χ1v) is 13.3. The second kappa shape index (κ2) is 9.83. The molecule has 1 N–H and O–H groups in total. The summed E-state index contributed by atoms with van der Waals surface area (Å²) in [6.45, 7) is 9.45. The lowest BCUT2D eigenvalue weighted by atomic mass is 10.1. The SMILES string of the molecule is CC(C)(C)OC(=O)N1CCN(Cc2ccnc(Cc3nc4ccc(-c5nc(C6CC6)no5)cc4[nH]3)c2)CC1. The molecule has 10 nitrogen and oxygen atoms in total. The highest BCUT2D eigenvalue weighted by Crippen LogP contribution is 2.39. The van der Waals surface area contributed by atoms with Crippen molar-refractivity contribution in [2.45, 2.75) is 58.1 Å². The van der Waals surface area contributed by atoms with E-state index in [1.165, 1.54) is 5.56 Å². The van der Waals surface area contributed by atoms with Crippen LogP contribution in [0.5, 0.6) is 0 Å². The van der Waals surface area contributed by atoms with Gasteiger partial charge in [0.15, 0.2) is 5.82 Å². The fourth-order valence-corrected chi connectivity index (χ4v) is 4.71. The molecule has 4 aromatic rings. The lowest BCUT2D eigenvalue weighted by Crippen LogP contribution is -2.49. The molecule has 3 aromatic heterocycles. The van der Waals surface area contributed by atoms with Crippen LogP contribution in [0.15, 0.2) is 41.1 Å². The van der Waals surface area contributed by atoms with E-state index in [1.807, 2.05) is 45.2 Å². The number of nitrogens with one attached hydrogen (secondary N) is 1. The minimum Gasteiger partial charge on any atom is -0.444 e. The molecule has 1 saturated carbocycles. The van der Waals surface area contributed by atoms with E-state index < -0.39 is 5.60 Å². The molecule has 198 valence electrons. The summed E-state index contributed by atoms with van der Waals surface area (Å²) in [5, 5.41) is 4.12. The van der Waals surface area contributed by atoms with E-state index in [1.54, 1.807) is 4.90 Å². The number of pyridine rings is 1. The number of amides is 1. The third kappa shape index (κ3) is 5.70. The number of carbonyl (C=O) groups excluding carboxylic acids is 1. The second-order valence-corrected chi connectivity index (χ2v) is 11.2. The Morgan fingerprint density at radius 2 is 1.92 bits per heavy atom. The van der Waals surface area contributed by atoms with Crippen LogP contribution in [0.2, 0.25) is 0 Å². The molecule has 10 heteroatoms. The van der Waals surface area contributed by atoms with Crippen LogP contribution < -0.4 is 0 Å². The molecule has 1 aromatic carbocycles. The molecule has 0 bridgehead atoms. The lowest BCUT2D eigenvalue weighted by molar-refractivity contribution is 0.0139. The zero-order valence-corrected chi connectivity index (χ0v) is 22.1. The molecule has 2 aliphatic rings. The number of piperazine rings is 1. The number of imidazole rings is 1. The summed E-state index contributed by atoms with van der Waals surface area (Å²) in [7, 11) is 0. The van der Waals surface area contributed by atoms with Gasteiger partial charge in [0, 0.05) is 62.5 Å². The number of hydrogen-bond acceptors (Lipinski definition) is 8. The Balaban J connectivity index is 1.07. The summed E-state index contributed by atoms with van der Waals surface area (Å²) in [6, 6.07) is 10.1. The van der Waals surface area contributed by atoms with Gasteiger partial charge in [0.2, 0.25) is 0 Å². The van der Waals surface area contributed by atoms with Crippen LogP contribution >= 0.6 is 0 Å². The van der Waals surface area contributed by atoms with Gasteiger partial charge in [-0.3, -0.25) is 9.88 Å². The van der Waals surface area contributed by atoms with Crippen molar-refractivity contribution in [2.24, 2.45) is 0 Å². The van der Waals surface area contributed by atoms with Gasteiger partial charge < -0.3 is 19.1 Å². The number of hydrogen-bond donors (Lipinski definition) is 1. The standard InChI is InChI=1S/C28H33N7O3/c1-28(2,3)37-27(36)35-12-10-34(11-13-35)17-18-8-9-29-21(14-18)16-24-30-22-7-6-20(15-23(22)31-24)26-32-25(33-38-26)19-4-5-19/h6-9,14-15,19H,4-5,10-13,16-17H2,1-3H3,(H,30,31). The smallest absolute Gasteiger partial charge is 0.410 e. The maximum Gasteiger partial charge on any atom is 0.410 e. The number of nitrogens with zero attached hydrogens (tertiary/aromatic N) is 6. The van der Waals surface area contributed by atoms with Crippen molar-refractivity contribution >= 4 is 17.1 Å². The molecule has 1 aliphatic heterocycles. The highest BCUT2D eigenvalue weighted by atomic mass is 16.6. The third-order valence-electron chi connectivity index (χ3n) is 6.82. The van der Waals surface area contributed by atoms with Crippen LogP contribution in [0.3, 0.4) is 0 Å². The number of ether oxygens (including phenoxy) is 1. The molecule has 1 aliphatic carbocycles. The van der Waals surface area contributed by atoms with Gasteiger partial charge in [0.1, 0.15) is 11.4 Å². The van der Waals surface area contributed by atoms with Crippen molar-refractivity contribution in [1.82, 2.24) is 34.9 Å². The molecule has 0 spiro atoms. The van der Waals surface area contributed by atoms with E-state index in [4.69, 9.17) is 14.2 Å². The van der Waals surface area contributed by atoms with E-state index in [-0.39, 0.29) is 6.09 Å². The normalized spacial score (nSPS) is 16.8. The largest absolute Gasteiger partial charge is 0.444 e. The topological polar surface area (TPSA) is 113 Å². The number of H-pyrrole nitrogens is 1. The summed E-state index contributed by atoms with van der Waals surface area (Å²) < 4.78 is 11.0. The number of aromatic nitrogens is 5. The van der Waals surface area contributed by atoms with Crippen LogP contribution in [-0.4, -0.2) is 72.8 Å². The van der Waals surface area contributed by atoms with Crippen LogP contribution in [-0.2, 0) is 17.7 Å². The summed E-state index contributed by atoms with van der Waals surface area (Å²) >= 11 is 0. The summed E-state index contributed by atoms with van der Waals surface area (Å²) in [4.78, 5) is 33.8. The number of fused-ring (bicyclic) bond motifs is 1. The maximum absolute atomic E-state index is 12.3. The molecule has 0 unspecified atom stereocenters. The minimum atomic E-state index is -0.475. The molecule has 0 radical (unpaired) electrons. The monoisotopic (exact) mass is 515 g/mol. The van der Waals surface area contributed by atoms with Crippen molar-refractivity contribution in [2.75, 3.05) is 26.2 Å². The predicted molar refractivity (Wildman–Crippen MR) is 141 cm³/mol. The molecule has 6 rings (SSSR count). The lowest BCUT2D eigenvalue weighted by Gasteiger charge is -2.35. The Morgan fingerprint density at radius 3 is 2.68 bits per heavy atom. The van der Waals surface area contributed by atoms with Crippen molar-refractivity contribution in [1.29, 1.82) is 0 Å². The fourth-order valence-electron chi connectivity index (χ4n) is 4.71. The Labute approximate surface area is 221 Å². The molecule has 2 fully saturated rings. The zero-order valence-electron chi connectivity index (χ0n) is 22.1. The molecule has 4 heterocycles. The summed E-state index contributed by atoms with van der Waals surface area (Å²) in [6.07, 6.45) is 4.51. The Kier molecular flexibility index (Phi) is 6.35. The number of aromatic amines is 1. The van der Waals surface area contributed by atoms with Gasteiger partial charge in [-0.25, -0.2) is 9.78 Å². The van der Waals surface area contributed by atoms with Crippen molar-refractivity contribution in [3.8, 4) is 11.5 Å². The van der Waals surface area contributed by atoms with Crippen molar-refractivity contribution in [3.63, 3.8) is 0 Å². The van der Waals surface area contributed by atoms with Crippen LogP contribution in [0.1, 0.15) is 62.4 Å². The van der Waals surface area contributed by atoms with Crippen LogP contribution in [0.4, 0.5) is 4.79 Å². The van der Waals surface area contributed by atoms with Gasteiger partial charge in [-0.05, 0) is 69.5 Å². The molecule has 1 amide bonds. The zero-order chi connectivity index (χ0) is 26.3. The molecular weight excluding hydrogens is 482 g/mol. The van der Waals surface area contributed by atoms with E-state index >= 15 is 0 Å². The second-order valence-electron chi connectivity index (χ2n) is 11.2. The average Bonchev–Trinajstić information content (AvgIpc) is 3.46. The fraction of sp³-hybridized carbons (Fsp3) is 0.464. The van der Waals surface area contributed by atoms with Gasteiger partial charge in [0.25, 0.3) is 5.89 Å². The maximum atomic E-state index is 12.3. The Hall–Kier alpha value is -3.79.